The summed E-state index contributed by atoms with van der Waals surface area (Å²) in [5.74, 6) is 0.893. The Kier molecular flexibility index (Phi) is 5.49. The number of hydrogen-bond donors (Lipinski definition) is 0. The smallest absolute Gasteiger partial charge is 0.188 e. The minimum Gasteiger partial charge on any atom is -0.467 e. The molecule has 0 spiro atoms. The monoisotopic (exact) mass is 302 g/mol. The average Bonchev–Trinajstić information content (AvgIpc) is 2.47. The van der Waals surface area contributed by atoms with Crippen LogP contribution in [0.1, 0.15) is 22.8 Å². The molecule has 0 heterocycles. The lowest BCUT2D eigenvalue weighted by Gasteiger charge is -2.13. The molecule has 3 nitrogen and oxygen atoms in total. The molecule has 0 amide bonds. The highest BCUT2D eigenvalue weighted by molar-refractivity contribution is 7.56. The fraction of sp³-hybridized carbons (Fsp3) is 0.235. The summed E-state index contributed by atoms with van der Waals surface area (Å²) in [6.07, 6.45) is 0. The van der Waals surface area contributed by atoms with Gasteiger partial charge in [0.2, 0.25) is 0 Å². The Morgan fingerprint density at radius 2 is 1.90 bits per heavy atom. The van der Waals surface area contributed by atoms with Crippen LogP contribution in [0.4, 0.5) is 0 Å². The Hall–Kier alpha value is -1.70. The Balaban J connectivity index is 2.34. The third-order valence-electron chi connectivity index (χ3n) is 3.04. The first-order valence-corrected chi connectivity index (χ1v) is 7.71. The molecule has 0 fully saturated rings. The second-order valence-corrected chi connectivity index (χ2v) is 6.10. The van der Waals surface area contributed by atoms with E-state index in [1.165, 1.54) is 5.56 Å². The number of methoxy groups -OCH3 is 1. The summed E-state index contributed by atoms with van der Waals surface area (Å²) in [5.41, 5.74) is 1.94. The van der Waals surface area contributed by atoms with Gasteiger partial charge in [-0.25, -0.2) is 0 Å². The minimum absolute atomic E-state index is 0.0881. The number of aryl methyl sites for hydroxylation is 1. The van der Waals surface area contributed by atoms with Gasteiger partial charge >= 0.3 is 0 Å². The van der Waals surface area contributed by atoms with Gasteiger partial charge in [0.25, 0.3) is 0 Å². The zero-order chi connectivity index (χ0) is 15.2. The van der Waals surface area contributed by atoms with Crippen molar-refractivity contribution in [3.63, 3.8) is 0 Å². The number of rotatable bonds is 6. The van der Waals surface area contributed by atoms with Gasteiger partial charge in [-0.05, 0) is 31.3 Å². The van der Waals surface area contributed by atoms with Crippen molar-refractivity contribution in [3.05, 3.63) is 53.6 Å². The molecule has 1 unspecified atom stereocenters. The van der Waals surface area contributed by atoms with Crippen LogP contribution in [0.15, 0.2) is 42.5 Å². The third-order valence-corrected chi connectivity index (χ3v) is 4.41. The minimum atomic E-state index is 0.0881. The van der Waals surface area contributed by atoms with Crippen LogP contribution in [-0.4, -0.2) is 19.7 Å². The van der Waals surface area contributed by atoms with E-state index in [0.29, 0.717) is 8.58 Å². The average molecular weight is 302 g/mol. The molecule has 0 radical (unpaired) electrons. The number of carbonyl (C=O) groups excluding carboxylic acids is 1. The van der Waals surface area contributed by atoms with E-state index in [-0.39, 0.29) is 12.6 Å². The first-order valence-electron chi connectivity index (χ1n) is 6.71. The van der Waals surface area contributed by atoms with Crippen molar-refractivity contribution in [2.24, 2.45) is 0 Å². The zero-order valence-corrected chi connectivity index (χ0v) is 13.5. The Morgan fingerprint density at radius 1 is 1.14 bits per heavy atom. The van der Waals surface area contributed by atoms with Gasteiger partial charge in [0.15, 0.2) is 12.6 Å². The first kappa shape index (κ1) is 15.7. The molecule has 0 N–H and O–H groups in total. The van der Waals surface area contributed by atoms with E-state index in [9.17, 15) is 4.79 Å². The molecule has 1 atom stereocenters. The van der Waals surface area contributed by atoms with Crippen LogP contribution >= 0.6 is 8.58 Å². The van der Waals surface area contributed by atoms with Crippen molar-refractivity contribution in [2.45, 2.75) is 13.8 Å². The maximum absolute atomic E-state index is 11.7. The number of benzene rings is 2. The molecule has 0 bridgehead atoms. The number of carbonyl (C=O) groups is 1. The van der Waals surface area contributed by atoms with Crippen molar-refractivity contribution in [1.82, 2.24) is 0 Å². The van der Waals surface area contributed by atoms with E-state index in [0.717, 1.165) is 21.9 Å². The Bertz CT molecular complexity index is 638. The molecule has 0 saturated heterocycles. The van der Waals surface area contributed by atoms with Gasteiger partial charge in [0.05, 0.1) is 0 Å². The van der Waals surface area contributed by atoms with Gasteiger partial charge in [-0.15, -0.1) is 0 Å². The molecule has 0 saturated carbocycles. The lowest BCUT2D eigenvalue weighted by atomic mass is 10.1. The molecule has 4 heteroatoms. The fourth-order valence-corrected chi connectivity index (χ4v) is 3.48. The highest BCUT2D eigenvalue weighted by Crippen LogP contribution is 2.22. The quantitative estimate of drug-likeness (QED) is 0.467. The maximum atomic E-state index is 11.7. The van der Waals surface area contributed by atoms with Gasteiger partial charge in [0, 0.05) is 18.0 Å². The third kappa shape index (κ3) is 4.13. The van der Waals surface area contributed by atoms with Crippen LogP contribution in [0.5, 0.6) is 5.75 Å². The molecule has 0 aliphatic rings. The van der Waals surface area contributed by atoms with Crippen molar-refractivity contribution in [3.8, 4) is 5.75 Å². The molecule has 0 aromatic heterocycles. The normalized spacial score (nSPS) is 11.0. The van der Waals surface area contributed by atoms with Gasteiger partial charge < -0.3 is 9.47 Å². The molecule has 2 aromatic carbocycles. The van der Waals surface area contributed by atoms with Crippen molar-refractivity contribution < 1.29 is 14.3 Å². The predicted molar refractivity (Wildman–Crippen MR) is 87.7 cm³/mol. The molecule has 0 aliphatic carbocycles. The molecule has 0 aliphatic heterocycles. The van der Waals surface area contributed by atoms with Crippen LogP contribution in [0, 0.1) is 6.92 Å². The highest BCUT2D eigenvalue weighted by Gasteiger charge is 2.10. The number of ketones is 1. The van der Waals surface area contributed by atoms with E-state index in [4.69, 9.17) is 9.47 Å². The second-order valence-electron chi connectivity index (χ2n) is 4.78. The summed E-state index contributed by atoms with van der Waals surface area (Å²) in [7, 11) is 1.97. The second kappa shape index (κ2) is 7.35. The van der Waals surface area contributed by atoms with Crippen molar-refractivity contribution >= 4 is 25.0 Å². The van der Waals surface area contributed by atoms with Gasteiger partial charge in [-0.3, -0.25) is 4.79 Å². The molecular weight excluding hydrogens is 283 g/mol. The van der Waals surface area contributed by atoms with Crippen LogP contribution < -0.4 is 15.3 Å². The molecule has 110 valence electrons. The topological polar surface area (TPSA) is 35.5 Å². The molecule has 2 rings (SSSR count). The van der Waals surface area contributed by atoms with E-state index < -0.39 is 0 Å². The summed E-state index contributed by atoms with van der Waals surface area (Å²) in [4.78, 5) is 11.7. The van der Waals surface area contributed by atoms with Crippen LogP contribution in [0.25, 0.3) is 0 Å². The van der Waals surface area contributed by atoms with E-state index >= 15 is 0 Å². The number of Topliss-reactive ketones (excluding diaryl/α,β-unsaturated/α-hetero) is 1. The van der Waals surface area contributed by atoms with Gasteiger partial charge in [-0.1, -0.05) is 44.5 Å². The fourth-order valence-electron chi connectivity index (χ4n) is 2.03. The largest absolute Gasteiger partial charge is 0.467 e. The van der Waals surface area contributed by atoms with Gasteiger partial charge in [-0.2, -0.15) is 0 Å². The van der Waals surface area contributed by atoms with Crippen LogP contribution in [0.2, 0.25) is 0 Å². The molecular formula is C17H19O3P. The first-order chi connectivity index (χ1) is 10.1. The lowest BCUT2D eigenvalue weighted by Crippen LogP contribution is -2.14. The van der Waals surface area contributed by atoms with Crippen LogP contribution in [0.3, 0.4) is 0 Å². The summed E-state index contributed by atoms with van der Waals surface area (Å²) >= 11 is 0. The van der Waals surface area contributed by atoms with E-state index in [2.05, 4.69) is 6.07 Å². The highest BCUT2D eigenvalue weighted by atomic mass is 31.1. The number of ether oxygens (including phenoxy) is 2. The molecule has 21 heavy (non-hydrogen) atoms. The van der Waals surface area contributed by atoms with Crippen LogP contribution in [-0.2, 0) is 4.74 Å². The molecule has 2 aromatic rings. The summed E-state index contributed by atoms with van der Waals surface area (Å²) in [6.45, 7) is 3.86. The zero-order valence-electron chi connectivity index (χ0n) is 12.5. The van der Waals surface area contributed by atoms with Gasteiger partial charge in [0.1, 0.15) is 5.75 Å². The maximum Gasteiger partial charge on any atom is 0.188 e. The van der Waals surface area contributed by atoms with Crippen molar-refractivity contribution in [2.75, 3.05) is 13.9 Å². The standard InChI is InChI=1S/C17H19O3P/c1-12-8-9-15(20-11-19-3)17(10-12)21-16-7-5-4-6-14(16)13(2)18/h4-10,21H,11H2,1-3H3. The Labute approximate surface area is 127 Å². The lowest BCUT2D eigenvalue weighted by molar-refractivity contribution is 0.0519. The van der Waals surface area contributed by atoms with E-state index in [1.54, 1.807) is 14.0 Å². The SMILES string of the molecule is COCOc1ccc(C)cc1Pc1ccccc1C(C)=O. The van der Waals surface area contributed by atoms with Crippen molar-refractivity contribution in [1.29, 1.82) is 0 Å². The summed E-state index contributed by atoms with van der Waals surface area (Å²) in [5, 5.41) is 2.12. The predicted octanol–water partition coefficient (Wildman–Crippen LogP) is 2.81. The van der Waals surface area contributed by atoms with E-state index in [1.807, 2.05) is 43.3 Å². The summed E-state index contributed by atoms with van der Waals surface area (Å²) in [6, 6.07) is 13.8. The Morgan fingerprint density at radius 3 is 2.62 bits per heavy atom. The summed E-state index contributed by atoms with van der Waals surface area (Å²) < 4.78 is 10.6. The number of hydrogen-bond acceptors (Lipinski definition) is 3.